The number of piperazine rings is 1. The number of carbonyl (C=O) groups is 1. The summed E-state index contributed by atoms with van der Waals surface area (Å²) in [4.78, 5) is 14.4. The Labute approximate surface area is 115 Å². The SMILES string of the molecule is CCN(C(=O)C1CNC(C)CN1)c1ccc(C)cc1. The third kappa shape index (κ3) is 3.33. The molecular formula is C15H23N3O. The van der Waals surface area contributed by atoms with E-state index >= 15 is 0 Å². The van der Waals surface area contributed by atoms with Gasteiger partial charge in [-0.3, -0.25) is 4.79 Å². The highest BCUT2D eigenvalue weighted by atomic mass is 16.2. The predicted octanol–water partition coefficient (Wildman–Crippen LogP) is 1.30. The van der Waals surface area contributed by atoms with Crippen LogP contribution in [0.4, 0.5) is 5.69 Å². The van der Waals surface area contributed by atoms with Crippen LogP contribution < -0.4 is 15.5 Å². The maximum absolute atomic E-state index is 12.5. The molecule has 1 fully saturated rings. The Morgan fingerprint density at radius 2 is 1.95 bits per heavy atom. The number of benzene rings is 1. The monoisotopic (exact) mass is 261 g/mol. The lowest BCUT2D eigenvalue weighted by molar-refractivity contribution is -0.120. The molecule has 1 heterocycles. The maximum Gasteiger partial charge on any atom is 0.245 e. The van der Waals surface area contributed by atoms with Crippen LogP contribution in [-0.2, 0) is 4.79 Å². The van der Waals surface area contributed by atoms with E-state index in [1.165, 1.54) is 5.56 Å². The predicted molar refractivity (Wildman–Crippen MR) is 78.5 cm³/mol. The number of anilines is 1. The molecule has 2 N–H and O–H groups in total. The van der Waals surface area contributed by atoms with Crippen LogP contribution in [0.1, 0.15) is 19.4 Å². The minimum atomic E-state index is -0.127. The summed E-state index contributed by atoms with van der Waals surface area (Å²) < 4.78 is 0. The van der Waals surface area contributed by atoms with Crippen LogP contribution in [0.25, 0.3) is 0 Å². The molecular weight excluding hydrogens is 238 g/mol. The van der Waals surface area contributed by atoms with Gasteiger partial charge in [-0.2, -0.15) is 0 Å². The van der Waals surface area contributed by atoms with Crippen molar-refractivity contribution in [2.75, 3.05) is 24.5 Å². The van der Waals surface area contributed by atoms with Crippen LogP contribution in [0.2, 0.25) is 0 Å². The molecule has 0 spiro atoms. The lowest BCUT2D eigenvalue weighted by Crippen LogP contribution is -2.59. The van der Waals surface area contributed by atoms with Crippen molar-refractivity contribution in [3.05, 3.63) is 29.8 Å². The van der Waals surface area contributed by atoms with E-state index in [2.05, 4.69) is 24.5 Å². The van der Waals surface area contributed by atoms with Crippen molar-refractivity contribution in [2.24, 2.45) is 0 Å². The molecule has 1 aromatic carbocycles. The van der Waals surface area contributed by atoms with Crippen molar-refractivity contribution < 1.29 is 4.79 Å². The van der Waals surface area contributed by atoms with Gasteiger partial charge in [0.2, 0.25) is 5.91 Å². The van der Waals surface area contributed by atoms with E-state index in [0.29, 0.717) is 19.1 Å². The molecule has 4 heteroatoms. The molecule has 1 aliphatic rings. The van der Waals surface area contributed by atoms with Gasteiger partial charge in [0.1, 0.15) is 0 Å². The molecule has 104 valence electrons. The van der Waals surface area contributed by atoms with E-state index in [1.54, 1.807) is 0 Å². The molecule has 0 aliphatic carbocycles. The molecule has 1 amide bonds. The number of likely N-dealkylation sites (N-methyl/N-ethyl adjacent to an activating group) is 1. The second-order valence-corrected chi connectivity index (χ2v) is 5.19. The Morgan fingerprint density at radius 1 is 1.26 bits per heavy atom. The number of nitrogens with zero attached hydrogens (tertiary/aromatic N) is 1. The van der Waals surface area contributed by atoms with Gasteiger partial charge in [0, 0.05) is 31.4 Å². The number of aryl methyl sites for hydroxylation is 1. The van der Waals surface area contributed by atoms with Gasteiger partial charge in [-0.25, -0.2) is 0 Å². The first-order valence-corrected chi connectivity index (χ1v) is 6.96. The smallest absolute Gasteiger partial charge is 0.245 e. The minimum Gasteiger partial charge on any atom is -0.311 e. The average Bonchev–Trinajstić information content (AvgIpc) is 2.42. The molecule has 4 nitrogen and oxygen atoms in total. The number of rotatable bonds is 3. The normalized spacial score (nSPS) is 23.1. The number of nitrogens with one attached hydrogen (secondary N) is 2. The van der Waals surface area contributed by atoms with Crippen molar-refractivity contribution in [3.8, 4) is 0 Å². The Hall–Kier alpha value is -1.39. The van der Waals surface area contributed by atoms with Crippen molar-refractivity contribution >= 4 is 11.6 Å². The molecule has 0 bridgehead atoms. The third-order valence-electron chi connectivity index (χ3n) is 3.57. The van der Waals surface area contributed by atoms with Crippen LogP contribution in [0.5, 0.6) is 0 Å². The highest BCUT2D eigenvalue weighted by molar-refractivity contribution is 5.97. The van der Waals surface area contributed by atoms with E-state index in [-0.39, 0.29) is 11.9 Å². The fraction of sp³-hybridized carbons (Fsp3) is 0.533. The average molecular weight is 261 g/mol. The maximum atomic E-state index is 12.5. The zero-order chi connectivity index (χ0) is 13.8. The first-order chi connectivity index (χ1) is 9.11. The molecule has 2 unspecified atom stereocenters. The molecule has 2 rings (SSSR count). The number of hydrogen-bond donors (Lipinski definition) is 2. The van der Waals surface area contributed by atoms with Crippen LogP contribution in [-0.4, -0.2) is 37.6 Å². The molecule has 0 saturated carbocycles. The van der Waals surface area contributed by atoms with Crippen molar-refractivity contribution in [1.29, 1.82) is 0 Å². The number of amides is 1. The fourth-order valence-corrected chi connectivity index (χ4v) is 2.34. The molecule has 2 atom stereocenters. The highest BCUT2D eigenvalue weighted by Crippen LogP contribution is 2.16. The van der Waals surface area contributed by atoms with E-state index < -0.39 is 0 Å². The van der Waals surface area contributed by atoms with Crippen molar-refractivity contribution in [3.63, 3.8) is 0 Å². The summed E-state index contributed by atoms with van der Waals surface area (Å²) >= 11 is 0. The van der Waals surface area contributed by atoms with Gasteiger partial charge >= 0.3 is 0 Å². The summed E-state index contributed by atoms with van der Waals surface area (Å²) in [7, 11) is 0. The standard InChI is InChI=1S/C15H23N3O/c1-4-18(13-7-5-11(2)6-8-13)15(19)14-10-16-12(3)9-17-14/h5-8,12,14,16-17H,4,9-10H2,1-3H3. The summed E-state index contributed by atoms with van der Waals surface area (Å²) in [6.07, 6.45) is 0. The highest BCUT2D eigenvalue weighted by Gasteiger charge is 2.27. The quantitative estimate of drug-likeness (QED) is 0.862. The first kappa shape index (κ1) is 14.0. The lowest BCUT2D eigenvalue weighted by Gasteiger charge is -2.32. The van der Waals surface area contributed by atoms with Gasteiger partial charge in [0.15, 0.2) is 0 Å². The minimum absolute atomic E-state index is 0.127. The van der Waals surface area contributed by atoms with Crippen LogP contribution >= 0.6 is 0 Å². The van der Waals surface area contributed by atoms with Gasteiger partial charge < -0.3 is 15.5 Å². The van der Waals surface area contributed by atoms with Gasteiger partial charge in [-0.15, -0.1) is 0 Å². The van der Waals surface area contributed by atoms with E-state index in [1.807, 2.05) is 36.1 Å². The van der Waals surface area contributed by atoms with Crippen LogP contribution in [0.15, 0.2) is 24.3 Å². The molecule has 1 aromatic rings. The summed E-state index contributed by atoms with van der Waals surface area (Å²) in [6.45, 7) is 8.40. The summed E-state index contributed by atoms with van der Waals surface area (Å²) in [5.74, 6) is 0.144. The Kier molecular flexibility index (Phi) is 4.56. The summed E-state index contributed by atoms with van der Waals surface area (Å²) in [5.41, 5.74) is 2.18. The largest absolute Gasteiger partial charge is 0.311 e. The summed E-state index contributed by atoms with van der Waals surface area (Å²) in [5, 5.41) is 6.65. The van der Waals surface area contributed by atoms with Crippen LogP contribution in [0.3, 0.4) is 0 Å². The van der Waals surface area contributed by atoms with Gasteiger partial charge in [-0.1, -0.05) is 17.7 Å². The third-order valence-corrected chi connectivity index (χ3v) is 3.57. The summed E-state index contributed by atoms with van der Waals surface area (Å²) in [6, 6.07) is 8.40. The van der Waals surface area contributed by atoms with E-state index in [9.17, 15) is 4.79 Å². The molecule has 0 aromatic heterocycles. The van der Waals surface area contributed by atoms with Crippen molar-refractivity contribution in [1.82, 2.24) is 10.6 Å². The number of hydrogen-bond acceptors (Lipinski definition) is 3. The lowest BCUT2D eigenvalue weighted by atomic mass is 10.1. The zero-order valence-corrected chi connectivity index (χ0v) is 11.9. The molecule has 19 heavy (non-hydrogen) atoms. The Bertz CT molecular complexity index is 422. The Balaban J connectivity index is 2.08. The van der Waals surface area contributed by atoms with Gasteiger partial charge in [0.25, 0.3) is 0 Å². The van der Waals surface area contributed by atoms with Gasteiger partial charge in [0.05, 0.1) is 6.04 Å². The molecule has 0 radical (unpaired) electrons. The second kappa shape index (κ2) is 6.17. The van der Waals surface area contributed by atoms with Crippen molar-refractivity contribution in [2.45, 2.75) is 32.9 Å². The fourth-order valence-electron chi connectivity index (χ4n) is 2.34. The Morgan fingerprint density at radius 3 is 2.47 bits per heavy atom. The molecule has 1 saturated heterocycles. The zero-order valence-electron chi connectivity index (χ0n) is 11.9. The second-order valence-electron chi connectivity index (χ2n) is 5.19. The van der Waals surface area contributed by atoms with E-state index in [4.69, 9.17) is 0 Å². The topological polar surface area (TPSA) is 44.4 Å². The van der Waals surface area contributed by atoms with E-state index in [0.717, 1.165) is 12.2 Å². The number of carbonyl (C=O) groups excluding carboxylic acids is 1. The first-order valence-electron chi connectivity index (χ1n) is 6.96. The van der Waals surface area contributed by atoms with Crippen LogP contribution in [0, 0.1) is 6.92 Å². The molecule has 1 aliphatic heterocycles. The van der Waals surface area contributed by atoms with Gasteiger partial charge in [-0.05, 0) is 32.9 Å².